The number of hydrogen-bond donors (Lipinski definition) is 1. The Kier molecular flexibility index (Phi) is 4.80. The van der Waals surface area contributed by atoms with Crippen LogP contribution < -0.4 is 5.32 Å². The average molecular weight is 360 g/mol. The van der Waals surface area contributed by atoms with Gasteiger partial charge in [-0.15, -0.1) is 16.4 Å². The third kappa shape index (κ3) is 3.74. The van der Waals surface area contributed by atoms with Crippen LogP contribution in [0.25, 0.3) is 0 Å². The van der Waals surface area contributed by atoms with Crippen molar-refractivity contribution in [2.75, 3.05) is 0 Å². The number of fused-ring (bicyclic) bond motifs is 2. The highest BCUT2D eigenvalue weighted by Crippen LogP contribution is 2.35. The number of carbonyl (C=O) groups is 1. The highest BCUT2D eigenvalue weighted by Gasteiger charge is 2.39. The van der Waals surface area contributed by atoms with Gasteiger partial charge in [-0.2, -0.15) is 0 Å². The van der Waals surface area contributed by atoms with Crippen LogP contribution in [0.15, 0.2) is 17.5 Å². The molecule has 1 amide bonds. The quantitative estimate of drug-likeness (QED) is 0.880. The van der Waals surface area contributed by atoms with Gasteiger partial charge in [0.1, 0.15) is 0 Å². The molecular formula is C17H24N6OS. The van der Waals surface area contributed by atoms with Gasteiger partial charge in [0.2, 0.25) is 5.91 Å². The van der Waals surface area contributed by atoms with Crippen LogP contribution in [0, 0.1) is 0 Å². The van der Waals surface area contributed by atoms with Crippen molar-refractivity contribution >= 4 is 17.2 Å². The second-order valence-corrected chi connectivity index (χ2v) is 8.14. The van der Waals surface area contributed by atoms with Gasteiger partial charge in [-0.1, -0.05) is 12.5 Å². The third-order valence-corrected chi connectivity index (χ3v) is 6.21. The van der Waals surface area contributed by atoms with E-state index in [1.165, 1.54) is 24.1 Å². The molecule has 25 heavy (non-hydrogen) atoms. The smallest absolute Gasteiger partial charge is 0.217 e. The number of tetrazole rings is 1. The summed E-state index contributed by atoms with van der Waals surface area (Å²) in [6.45, 7) is 3.14. The summed E-state index contributed by atoms with van der Waals surface area (Å²) in [6.07, 6.45) is 5.72. The van der Waals surface area contributed by atoms with Crippen molar-refractivity contribution in [3.05, 3.63) is 28.2 Å². The minimum atomic E-state index is 0.0800. The van der Waals surface area contributed by atoms with E-state index in [2.05, 4.69) is 43.3 Å². The van der Waals surface area contributed by atoms with Gasteiger partial charge in [0.05, 0.1) is 13.1 Å². The first kappa shape index (κ1) is 16.7. The van der Waals surface area contributed by atoms with E-state index in [1.54, 1.807) is 18.3 Å². The van der Waals surface area contributed by atoms with Gasteiger partial charge in [-0.25, -0.2) is 4.68 Å². The molecule has 2 fully saturated rings. The van der Waals surface area contributed by atoms with Crippen molar-refractivity contribution in [1.82, 2.24) is 30.4 Å². The standard InChI is InChI=1S/C17H24N6OS/c1-12(24)18-13-8-14-4-2-5-15(9-13)22(14)11-17-19-20-21-23(17)10-16-6-3-7-25-16/h3,6-7,13-15H,2,4-5,8-11H2,1H3,(H,18,24)/t13?,14-,15+. The molecule has 7 nitrogen and oxygen atoms in total. The Balaban J connectivity index is 1.46. The van der Waals surface area contributed by atoms with E-state index in [9.17, 15) is 4.79 Å². The molecule has 0 aromatic carbocycles. The van der Waals surface area contributed by atoms with E-state index in [0.29, 0.717) is 18.1 Å². The molecule has 1 unspecified atom stereocenters. The summed E-state index contributed by atoms with van der Waals surface area (Å²) in [6, 6.07) is 5.50. The van der Waals surface area contributed by atoms with Crippen LogP contribution in [0.3, 0.4) is 0 Å². The van der Waals surface area contributed by atoms with Gasteiger partial charge >= 0.3 is 0 Å². The predicted octanol–water partition coefficient (Wildman–Crippen LogP) is 1.80. The van der Waals surface area contributed by atoms with Crippen molar-refractivity contribution < 1.29 is 4.79 Å². The molecule has 2 saturated heterocycles. The van der Waals surface area contributed by atoms with E-state index in [0.717, 1.165) is 31.8 Å². The van der Waals surface area contributed by atoms with Gasteiger partial charge in [0, 0.05) is 29.9 Å². The summed E-state index contributed by atoms with van der Waals surface area (Å²) in [7, 11) is 0. The maximum absolute atomic E-state index is 11.4. The largest absolute Gasteiger partial charge is 0.353 e. The van der Waals surface area contributed by atoms with Crippen LogP contribution >= 0.6 is 11.3 Å². The van der Waals surface area contributed by atoms with Gasteiger partial charge < -0.3 is 5.32 Å². The summed E-state index contributed by atoms with van der Waals surface area (Å²) in [5, 5.41) is 17.6. The first-order valence-electron chi connectivity index (χ1n) is 8.99. The lowest BCUT2D eigenvalue weighted by molar-refractivity contribution is -0.120. The zero-order valence-corrected chi connectivity index (χ0v) is 15.3. The second kappa shape index (κ2) is 7.21. The maximum atomic E-state index is 11.4. The normalized spacial score (nSPS) is 26.5. The lowest BCUT2D eigenvalue weighted by Gasteiger charge is -2.48. The summed E-state index contributed by atoms with van der Waals surface area (Å²) in [4.78, 5) is 15.2. The van der Waals surface area contributed by atoms with E-state index < -0.39 is 0 Å². The monoisotopic (exact) mass is 360 g/mol. The number of nitrogens with zero attached hydrogens (tertiary/aromatic N) is 5. The van der Waals surface area contributed by atoms with Crippen LogP contribution in [0.4, 0.5) is 0 Å². The highest BCUT2D eigenvalue weighted by molar-refractivity contribution is 7.09. The molecule has 4 heterocycles. The fraction of sp³-hybridized carbons (Fsp3) is 0.647. The van der Waals surface area contributed by atoms with Crippen LogP contribution in [0.5, 0.6) is 0 Å². The van der Waals surface area contributed by atoms with E-state index in [-0.39, 0.29) is 5.91 Å². The Bertz CT molecular complexity index is 701. The SMILES string of the molecule is CC(=O)NC1C[C@H]2CCC[C@@H](C1)N2Cc1nnnn1Cc1cccs1. The lowest BCUT2D eigenvalue weighted by Crippen LogP contribution is -2.56. The third-order valence-electron chi connectivity index (χ3n) is 5.35. The average Bonchev–Trinajstić information content (AvgIpc) is 3.20. The molecule has 2 aromatic rings. The Morgan fingerprint density at radius 1 is 1.32 bits per heavy atom. The minimum absolute atomic E-state index is 0.0800. The van der Waals surface area contributed by atoms with E-state index >= 15 is 0 Å². The van der Waals surface area contributed by atoms with Crippen molar-refractivity contribution in [1.29, 1.82) is 0 Å². The molecule has 134 valence electrons. The molecule has 2 aromatic heterocycles. The van der Waals surface area contributed by atoms with Crippen molar-refractivity contribution in [2.45, 2.75) is 70.2 Å². The molecule has 0 spiro atoms. The zero-order chi connectivity index (χ0) is 17.2. The number of hydrogen-bond acceptors (Lipinski definition) is 6. The number of thiophene rings is 1. The first-order valence-corrected chi connectivity index (χ1v) is 9.87. The van der Waals surface area contributed by atoms with Crippen molar-refractivity contribution in [3.63, 3.8) is 0 Å². The first-order chi connectivity index (χ1) is 12.2. The molecule has 0 saturated carbocycles. The number of rotatable bonds is 5. The highest BCUT2D eigenvalue weighted by atomic mass is 32.1. The van der Waals surface area contributed by atoms with Crippen molar-refractivity contribution in [2.24, 2.45) is 0 Å². The molecular weight excluding hydrogens is 336 g/mol. The van der Waals surface area contributed by atoms with Crippen molar-refractivity contribution in [3.8, 4) is 0 Å². The Morgan fingerprint density at radius 3 is 2.80 bits per heavy atom. The van der Waals surface area contributed by atoms with Crippen LogP contribution in [-0.4, -0.2) is 49.1 Å². The van der Waals surface area contributed by atoms with Gasteiger partial charge in [0.25, 0.3) is 0 Å². The number of piperidine rings is 2. The summed E-state index contributed by atoms with van der Waals surface area (Å²) in [5.74, 6) is 1.01. The molecule has 2 aliphatic heterocycles. The fourth-order valence-electron chi connectivity index (χ4n) is 4.31. The molecule has 0 radical (unpaired) electrons. The number of aromatic nitrogens is 4. The summed E-state index contributed by atoms with van der Waals surface area (Å²) >= 11 is 1.73. The number of carbonyl (C=O) groups excluding carboxylic acids is 1. The Labute approximate surface area is 151 Å². The van der Waals surface area contributed by atoms with Gasteiger partial charge in [-0.05, 0) is 47.6 Å². The van der Waals surface area contributed by atoms with E-state index in [4.69, 9.17) is 0 Å². The van der Waals surface area contributed by atoms with Crippen LogP contribution in [-0.2, 0) is 17.9 Å². The predicted molar refractivity (Wildman–Crippen MR) is 95.0 cm³/mol. The summed E-state index contributed by atoms with van der Waals surface area (Å²) in [5.41, 5.74) is 0. The molecule has 0 aliphatic carbocycles. The minimum Gasteiger partial charge on any atom is -0.353 e. The Hall–Kier alpha value is -1.80. The molecule has 2 bridgehead atoms. The molecule has 2 aliphatic rings. The van der Waals surface area contributed by atoms with Gasteiger partial charge in [0.15, 0.2) is 5.82 Å². The second-order valence-electron chi connectivity index (χ2n) is 7.11. The van der Waals surface area contributed by atoms with Crippen LogP contribution in [0.2, 0.25) is 0 Å². The number of amides is 1. The Morgan fingerprint density at radius 2 is 2.12 bits per heavy atom. The molecule has 1 N–H and O–H groups in total. The number of nitrogens with one attached hydrogen (secondary N) is 1. The molecule has 3 atom stereocenters. The maximum Gasteiger partial charge on any atom is 0.217 e. The fourth-order valence-corrected chi connectivity index (χ4v) is 5.00. The molecule has 4 rings (SSSR count). The van der Waals surface area contributed by atoms with Gasteiger partial charge in [-0.3, -0.25) is 9.69 Å². The zero-order valence-electron chi connectivity index (χ0n) is 14.5. The van der Waals surface area contributed by atoms with Crippen LogP contribution in [0.1, 0.15) is 49.7 Å². The topological polar surface area (TPSA) is 75.9 Å². The summed E-state index contributed by atoms with van der Waals surface area (Å²) < 4.78 is 1.92. The molecule has 8 heteroatoms. The van der Waals surface area contributed by atoms with E-state index in [1.807, 2.05) is 4.68 Å². The lowest BCUT2D eigenvalue weighted by atomic mass is 9.81.